The summed E-state index contributed by atoms with van der Waals surface area (Å²) in [5.74, 6) is -0.608. The van der Waals surface area contributed by atoms with Crippen molar-refractivity contribution in [1.29, 1.82) is 0 Å². The lowest BCUT2D eigenvalue weighted by atomic mass is 10.0. The predicted molar refractivity (Wildman–Crippen MR) is 274 cm³/mol. The van der Waals surface area contributed by atoms with Crippen molar-refractivity contribution in [3.63, 3.8) is 0 Å². The van der Waals surface area contributed by atoms with Gasteiger partial charge in [-0.25, -0.2) is 0 Å². The summed E-state index contributed by atoms with van der Waals surface area (Å²) in [5.41, 5.74) is 0. The lowest BCUT2D eigenvalue weighted by molar-refractivity contribution is -0.161. The summed E-state index contributed by atoms with van der Waals surface area (Å²) < 4.78 is 10.7. The molecule has 0 aromatic heterocycles. The van der Waals surface area contributed by atoms with E-state index in [1.165, 1.54) is 122 Å². The maximum Gasteiger partial charge on any atom is 0.306 e. The van der Waals surface area contributed by atoms with Gasteiger partial charge in [0.1, 0.15) is 6.61 Å². The number of unbranched alkanes of at least 4 members (excludes halogenated alkanes) is 26. The number of hydrogen-bond acceptors (Lipinski definition) is 5. The number of carbonyl (C=O) groups is 2. The molecule has 0 saturated heterocycles. The molecule has 0 aliphatic carbocycles. The van der Waals surface area contributed by atoms with E-state index < -0.39 is 6.10 Å². The molecule has 1 unspecified atom stereocenters. The van der Waals surface area contributed by atoms with Crippen LogP contribution in [0.5, 0.6) is 0 Å². The van der Waals surface area contributed by atoms with E-state index in [2.05, 4.69) is 98.9 Å². The second kappa shape index (κ2) is 53.4. The Hall–Kier alpha value is -2.92. The molecule has 5 nitrogen and oxygen atoms in total. The van der Waals surface area contributed by atoms with Crippen LogP contribution in [-0.4, -0.2) is 36.4 Å². The van der Waals surface area contributed by atoms with Crippen molar-refractivity contribution in [3.05, 3.63) is 85.1 Å². The van der Waals surface area contributed by atoms with E-state index in [0.29, 0.717) is 12.8 Å². The monoisotopic (exact) mass is 877 g/mol. The van der Waals surface area contributed by atoms with Crippen molar-refractivity contribution in [2.24, 2.45) is 0 Å². The van der Waals surface area contributed by atoms with Gasteiger partial charge < -0.3 is 14.6 Å². The summed E-state index contributed by atoms with van der Waals surface area (Å²) in [4.78, 5) is 24.5. The topological polar surface area (TPSA) is 72.8 Å². The lowest BCUT2D eigenvalue weighted by Crippen LogP contribution is -2.28. The van der Waals surface area contributed by atoms with Crippen LogP contribution in [0.3, 0.4) is 0 Å². The highest BCUT2D eigenvalue weighted by molar-refractivity contribution is 5.70. The van der Waals surface area contributed by atoms with Crippen molar-refractivity contribution in [2.75, 3.05) is 13.2 Å². The Morgan fingerprint density at radius 1 is 0.381 bits per heavy atom. The summed E-state index contributed by atoms with van der Waals surface area (Å²) in [7, 11) is 0. The smallest absolute Gasteiger partial charge is 0.306 e. The second-order valence-electron chi connectivity index (χ2n) is 17.6. The van der Waals surface area contributed by atoms with Crippen LogP contribution >= 0.6 is 0 Å². The van der Waals surface area contributed by atoms with E-state index in [1.807, 2.05) is 0 Å². The van der Waals surface area contributed by atoms with Crippen molar-refractivity contribution in [1.82, 2.24) is 0 Å². The molecule has 1 atom stereocenters. The molecule has 0 rings (SSSR count). The zero-order valence-corrected chi connectivity index (χ0v) is 41.3. The lowest BCUT2D eigenvalue weighted by Gasteiger charge is -2.15. The van der Waals surface area contributed by atoms with E-state index in [-0.39, 0.29) is 25.2 Å². The van der Waals surface area contributed by atoms with Gasteiger partial charge in [-0.2, -0.15) is 0 Å². The molecular formula is C58H100O5. The molecule has 5 heteroatoms. The third-order valence-electron chi connectivity index (χ3n) is 11.5. The highest BCUT2D eigenvalue weighted by Crippen LogP contribution is 2.16. The molecular weight excluding hydrogens is 777 g/mol. The van der Waals surface area contributed by atoms with Crippen LogP contribution in [-0.2, 0) is 19.1 Å². The van der Waals surface area contributed by atoms with Crippen LogP contribution < -0.4 is 0 Å². The predicted octanol–water partition coefficient (Wildman–Crippen LogP) is 17.8. The van der Waals surface area contributed by atoms with Crippen LogP contribution in [0.4, 0.5) is 0 Å². The Morgan fingerprint density at radius 2 is 0.683 bits per heavy atom. The minimum atomic E-state index is -0.786. The van der Waals surface area contributed by atoms with Crippen LogP contribution in [0.2, 0.25) is 0 Å². The highest BCUT2D eigenvalue weighted by Gasteiger charge is 2.16. The number of hydrogen-bond donors (Lipinski definition) is 1. The fraction of sp³-hybridized carbons (Fsp3) is 0.724. The molecule has 362 valence electrons. The van der Waals surface area contributed by atoms with Crippen LogP contribution in [0.25, 0.3) is 0 Å². The molecule has 0 fully saturated rings. The largest absolute Gasteiger partial charge is 0.462 e. The first-order chi connectivity index (χ1) is 31.1. The summed E-state index contributed by atoms with van der Waals surface area (Å²) in [6.07, 6.45) is 73.9. The third kappa shape index (κ3) is 51.6. The van der Waals surface area contributed by atoms with Crippen LogP contribution in [0, 0.1) is 0 Å². The standard InChI is InChI=1S/C58H100O5/c1-3-5-7-9-11-13-15-17-19-21-23-25-27-28-29-30-31-33-35-37-39-41-43-45-47-49-51-53-58(61)63-56(54-59)55-62-57(60)52-50-48-46-44-42-40-38-36-34-32-26-24-22-20-18-16-14-12-10-8-6-4-2/h5,7,11,13,17,19,23,25,28-29,31,33,37,39,56,59H,3-4,6,8-10,12,14-16,18,20-22,24,26-27,30,32,34-36,38,40-55H2,1-2H3/b7-5-,13-11-,19-17-,25-23-,29-28-,33-31-,39-37-. The van der Waals surface area contributed by atoms with Crippen LogP contribution in [0.15, 0.2) is 85.1 Å². The van der Waals surface area contributed by atoms with Gasteiger partial charge in [-0.05, 0) is 70.6 Å². The Labute approximate surface area is 390 Å². The summed E-state index contributed by atoms with van der Waals surface area (Å²) in [6, 6.07) is 0. The Bertz CT molecular complexity index is 1170. The number of aliphatic hydroxyl groups excluding tert-OH is 1. The van der Waals surface area contributed by atoms with Gasteiger partial charge >= 0.3 is 11.9 Å². The Morgan fingerprint density at radius 3 is 1.03 bits per heavy atom. The molecule has 0 heterocycles. The second-order valence-corrected chi connectivity index (χ2v) is 17.6. The fourth-order valence-electron chi connectivity index (χ4n) is 7.48. The van der Waals surface area contributed by atoms with Crippen molar-refractivity contribution >= 4 is 11.9 Å². The maximum atomic E-state index is 12.3. The van der Waals surface area contributed by atoms with Gasteiger partial charge in [0.15, 0.2) is 6.10 Å². The average Bonchev–Trinajstić information content (AvgIpc) is 3.29. The Balaban J connectivity index is 3.57. The number of esters is 2. The van der Waals surface area contributed by atoms with Crippen molar-refractivity contribution < 1.29 is 24.2 Å². The molecule has 0 aromatic rings. The zero-order valence-electron chi connectivity index (χ0n) is 41.3. The van der Waals surface area contributed by atoms with Gasteiger partial charge in [0.05, 0.1) is 6.61 Å². The SMILES string of the molecule is CC/C=C\C/C=C\C/C=C\C/C=C\C/C=C\C/C=C\C/C=C\CCCCCCCC(=O)OC(CO)COC(=O)CCCCCCCCCCCCCCCCCCCCCCCC. The van der Waals surface area contributed by atoms with E-state index in [9.17, 15) is 14.7 Å². The maximum absolute atomic E-state index is 12.3. The van der Waals surface area contributed by atoms with Crippen molar-refractivity contribution in [3.8, 4) is 0 Å². The first-order valence-electron chi connectivity index (χ1n) is 26.6. The summed E-state index contributed by atoms with van der Waals surface area (Å²) in [5, 5.41) is 9.64. The molecule has 0 spiro atoms. The molecule has 63 heavy (non-hydrogen) atoms. The summed E-state index contributed by atoms with van der Waals surface area (Å²) >= 11 is 0. The Kier molecular flexibility index (Phi) is 50.9. The fourth-order valence-corrected chi connectivity index (χ4v) is 7.48. The van der Waals surface area contributed by atoms with E-state index >= 15 is 0 Å². The molecule has 0 aliphatic rings. The number of ether oxygens (including phenoxy) is 2. The quantitative estimate of drug-likeness (QED) is 0.0374. The molecule has 0 radical (unpaired) electrons. The van der Waals surface area contributed by atoms with E-state index in [0.717, 1.165) is 103 Å². The van der Waals surface area contributed by atoms with Gasteiger partial charge in [-0.15, -0.1) is 0 Å². The minimum absolute atomic E-state index is 0.0754. The molecule has 1 N–H and O–H groups in total. The summed E-state index contributed by atoms with van der Waals surface area (Å²) in [6.45, 7) is 4.03. The van der Waals surface area contributed by atoms with Gasteiger partial charge in [0, 0.05) is 12.8 Å². The number of rotatable bonds is 48. The molecule has 0 bridgehead atoms. The molecule has 0 aliphatic heterocycles. The van der Waals surface area contributed by atoms with Gasteiger partial charge in [0.2, 0.25) is 0 Å². The zero-order chi connectivity index (χ0) is 45.6. The molecule has 0 saturated carbocycles. The number of aliphatic hydroxyl groups is 1. The van der Waals surface area contributed by atoms with Crippen LogP contribution in [0.1, 0.15) is 251 Å². The first kappa shape index (κ1) is 60.1. The third-order valence-corrected chi connectivity index (χ3v) is 11.5. The first-order valence-corrected chi connectivity index (χ1v) is 26.6. The number of carbonyl (C=O) groups excluding carboxylic acids is 2. The normalized spacial score (nSPS) is 12.9. The van der Waals surface area contributed by atoms with Gasteiger partial charge in [-0.3, -0.25) is 9.59 Å². The van der Waals surface area contributed by atoms with Gasteiger partial charge in [-0.1, -0.05) is 253 Å². The number of allylic oxidation sites excluding steroid dienone is 14. The van der Waals surface area contributed by atoms with Crippen molar-refractivity contribution in [2.45, 2.75) is 258 Å². The molecule has 0 aromatic carbocycles. The van der Waals surface area contributed by atoms with E-state index in [4.69, 9.17) is 9.47 Å². The highest BCUT2D eigenvalue weighted by atomic mass is 16.6. The molecule has 0 amide bonds. The average molecular weight is 877 g/mol. The minimum Gasteiger partial charge on any atom is -0.462 e. The van der Waals surface area contributed by atoms with E-state index in [1.54, 1.807) is 0 Å². The van der Waals surface area contributed by atoms with Gasteiger partial charge in [0.25, 0.3) is 0 Å².